The number of carboxylic acids is 1. The van der Waals surface area contributed by atoms with Gasteiger partial charge in [-0.05, 0) is 30.0 Å². The molecule has 106 valence electrons. The number of hydrogen-bond acceptors (Lipinski definition) is 4. The highest BCUT2D eigenvalue weighted by Gasteiger charge is 2.16. The highest BCUT2D eigenvalue weighted by Crippen LogP contribution is 2.30. The monoisotopic (exact) mass is 267 g/mol. The number of carbonyl (C=O) groups is 1. The van der Waals surface area contributed by atoms with Gasteiger partial charge in [0.2, 0.25) is 0 Å². The molecule has 0 amide bonds. The van der Waals surface area contributed by atoms with Gasteiger partial charge < -0.3 is 20.3 Å². The molecule has 0 aliphatic heterocycles. The fraction of sp³-hybridized carbons (Fsp3) is 0.500. The van der Waals surface area contributed by atoms with E-state index >= 15 is 0 Å². The van der Waals surface area contributed by atoms with Crippen molar-refractivity contribution in [2.24, 2.45) is 11.7 Å². The second-order valence-corrected chi connectivity index (χ2v) is 4.76. The third-order valence-electron chi connectivity index (χ3n) is 2.77. The lowest BCUT2D eigenvalue weighted by Gasteiger charge is -2.14. The molecule has 0 aromatic heterocycles. The number of hydrogen-bond donors (Lipinski definition) is 2. The van der Waals surface area contributed by atoms with E-state index in [1.807, 2.05) is 0 Å². The van der Waals surface area contributed by atoms with Crippen molar-refractivity contribution in [3.05, 3.63) is 23.8 Å². The van der Waals surface area contributed by atoms with E-state index in [2.05, 4.69) is 13.8 Å². The Hall–Kier alpha value is -1.75. The van der Waals surface area contributed by atoms with Crippen molar-refractivity contribution in [3.8, 4) is 11.5 Å². The van der Waals surface area contributed by atoms with Crippen LogP contribution in [0.25, 0.3) is 0 Å². The quantitative estimate of drug-likeness (QED) is 0.791. The van der Waals surface area contributed by atoms with Crippen LogP contribution >= 0.6 is 0 Å². The highest BCUT2D eigenvalue weighted by molar-refractivity contribution is 5.75. The average molecular weight is 267 g/mol. The zero-order valence-corrected chi connectivity index (χ0v) is 11.6. The first kappa shape index (κ1) is 15.3. The van der Waals surface area contributed by atoms with Crippen molar-refractivity contribution in [2.75, 3.05) is 13.7 Å². The number of nitrogens with two attached hydrogens (primary N) is 1. The summed E-state index contributed by atoms with van der Waals surface area (Å²) in [6, 6.07) is 3.88. The topological polar surface area (TPSA) is 81.8 Å². The van der Waals surface area contributed by atoms with E-state index < -0.39 is 12.0 Å². The molecule has 1 unspecified atom stereocenters. The molecule has 3 N–H and O–H groups in total. The van der Waals surface area contributed by atoms with Crippen molar-refractivity contribution in [2.45, 2.75) is 26.3 Å². The second kappa shape index (κ2) is 6.99. The summed E-state index contributed by atoms with van der Waals surface area (Å²) in [6.07, 6.45) is 0.944. The van der Waals surface area contributed by atoms with Crippen LogP contribution in [0.15, 0.2) is 18.2 Å². The minimum absolute atomic E-state index is 0.487. The minimum Gasteiger partial charge on any atom is -0.493 e. The normalized spacial score (nSPS) is 12.3. The summed E-state index contributed by atoms with van der Waals surface area (Å²) in [5.41, 5.74) is 6.04. The Morgan fingerprint density at radius 3 is 2.58 bits per heavy atom. The molecule has 0 aliphatic carbocycles. The second-order valence-electron chi connectivity index (χ2n) is 4.76. The molecule has 19 heavy (non-hydrogen) atoms. The van der Waals surface area contributed by atoms with E-state index in [4.69, 9.17) is 20.3 Å². The summed E-state index contributed by atoms with van der Waals surface area (Å²) in [5.74, 6) is 0.587. The molecule has 0 bridgehead atoms. The van der Waals surface area contributed by atoms with Gasteiger partial charge in [0.1, 0.15) is 6.04 Å². The number of ether oxygens (including phenoxy) is 2. The van der Waals surface area contributed by atoms with Gasteiger partial charge in [-0.1, -0.05) is 19.9 Å². The molecule has 1 rings (SSSR count). The first-order valence-corrected chi connectivity index (χ1v) is 6.24. The fourth-order valence-corrected chi connectivity index (χ4v) is 1.54. The average Bonchev–Trinajstić information content (AvgIpc) is 2.37. The largest absolute Gasteiger partial charge is 0.493 e. The van der Waals surface area contributed by atoms with Crippen LogP contribution in [0.1, 0.15) is 31.9 Å². The minimum atomic E-state index is -1.07. The maximum absolute atomic E-state index is 10.8. The Kier molecular flexibility index (Phi) is 5.63. The van der Waals surface area contributed by atoms with Gasteiger partial charge in [0.15, 0.2) is 11.5 Å². The summed E-state index contributed by atoms with van der Waals surface area (Å²) < 4.78 is 10.8. The zero-order valence-electron chi connectivity index (χ0n) is 11.6. The molecule has 0 saturated carbocycles. The van der Waals surface area contributed by atoms with Crippen molar-refractivity contribution < 1.29 is 19.4 Å². The Labute approximate surface area is 113 Å². The molecule has 5 heteroatoms. The summed E-state index contributed by atoms with van der Waals surface area (Å²) in [5, 5.41) is 8.87. The van der Waals surface area contributed by atoms with E-state index in [1.165, 1.54) is 7.11 Å². The van der Waals surface area contributed by atoms with Gasteiger partial charge in [-0.2, -0.15) is 0 Å². The number of rotatable bonds is 7. The smallest absolute Gasteiger partial charge is 0.325 e. The van der Waals surface area contributed by atoms with Gasteiger partial charge >= 0.3 is 5.97 Å². The Bertz CT molecular complexity index is 431. The molecule has 5 nitrogen and oxygen atoms in total. The van der Waals surface area contributed by atoms with Crippen molar-refractivity contribution >= 4 is 5.97 Å². The van der Waals surface area contributed by atoms with Crippen molar-refractivity contribution in [3.63, 3.8) is 0 Å². The molecular formula is C14H21NO4. The SMILES string of the molecule is COc1cc(C(N)C(=O)O)ccc1OCCC(C)C. The van der Waals surface area contributed by atoms with Crippen molar-refractivity contribution in [1.29, 1.82) is 0 Å². The van der Waals surface area contributed by atoms with Crippen LogP contribution in [0, 0.1) is 5.92 Å². The van der Waals surface area contributed by atoms with Gasteiger partial charge in [-0.25, -0.2) is 0 Å². The molecule has 0 spiro atoms. The molecule has 0 radical (unpaired) electrons. The van der Waals surface area contributed by atoms with E-state index in [1.54, 1.807) is 18.2 Å². The molecule has 0 saturated heterocycles. The number of benzene rings is 1. The van der Waals surface area contributed by atoms with Crippen LogP contribution in [0.3, 0.4) is 0 Å². The van der Waals surface area contributed by atoms with E-state index in [0.29, 0.717) is 29.6 Å². The fourth-order valence-electron chi connectivity index (χ4n) is 1.54. The van der Waals surface area contributed by atoms with E-state index in [9.17, 15) is 4.79 Å². The van der Waals surface area contributed by atoms with Gasteiger partial charge in [0.25, 0.3) is 0 Å². The van der Waals surface area contributed by atoms with Crippen LogP contribution in [-0.2, 0) is 4.79 Å². The summed E-state index contributed by atoms with van der Waals surface area (Å²) in [4.78, 5) is 10.8. The first-order valence-electron chi connectivity index (χ1n) is 6.24. The third kappa shape index (κ3) is 4.44. The van der Waals surface area contributed by atoms with Gasteiger partial charge in [-0.3, -0.25) is 4.79 Å². The lowest BCUT2D eigenvalue weighted by molar-refractivity contribution is -0.138. The van der Waals surface area contributed by atoms with Crippen molar-refractivity contribution in [1.82, 2.24) is 0 Å². The number of aliphatic carboxylic acids is 1. The van der Waals surface area contributed by atoms with Gasteiger partial charge in [0.05, 0.1) is 13.7 Å². The summed E-state index contributed by atoms with van der Waals surface area (Å²) in [7, 11) is 1.51. The number of carboxylic acid groups (broad SMARTS) is 1. The van der Waals surface area contributed by atoms with Gasteiger partial charge in [-0.15, -0.1) is 0 Å². The Morgan fingerprint density at radius 1 is 1.37 bits per heavy atom. The summed E-state index contributed by atoms with van der Waals surface area (Å²) in [6.45, 7) is 4.84. The first-order chi connectivity index (χ1) is 8.95. The summed E-state index contributed by atoms with van der Waals surface area (Å²) >= 11 is 0. The van der Waals surface area contributed by atoms with Crippen LogP contribution in [0.4, 0.5) is 0 Å². The molecule has 1 atom stereocenters. The molecule has 1 aromatic carbocycles. The zero-order chi connectivity index (χ0) is 14.4. The standard InChI is InChI=1S/C14H21NO4/c1-9(2)6-7-19-11-5-4-10(8-12(11)18-3)13(15)14(16)17/h4-5,8-9,13H,6-7,15H2,1-3H3,(H,16,17). The van der Waals surface area contributed by atoms with Gasteiger partial charge in [0, 0.05) is 0 Å². The third-order valence-corrected chi connectivity index (χ3v) is 2.77. The van der Waals surface area contributed by atoms with E-state index in [-0.39, 0.29) is 0 Å². The predicted molar refractivity (Wildman–Crippen MR) is 72.5 cm³/mol. The van der Waals surface area contributed by atoms with Crippen LogP contribution in [0.2, 0.25) is 0 Å². The molecule has 0 aliphatic rings. The Balaban J connectivity index is 2.81. The van der Waals surface area contributed by atoms with Crippen LogP contribution < -0.4 is 15.2 Å². The maximum atomic E-state index is 10.8. The van der Waals surface area contributed by atoms with Crippen LogP contribution in [-0.4, -0.2) is 24.8 Å². The lowest BCUT2D eigenvalue weighted by atomic mass is 10.1. The predicted octanol–water partition coefficient (Wildman–Crippen LogP) is 2.20. The molecule has 1 aromatic rings. The molecule has 0 heterocycles. The maximum Gasteiger partial charge on any atom is 0.325 e. The molecular weight excluding hydrogens is 246 g/mol. The number of methoxy groups -OCH3 is 1. The van der Waals surface area contributed by atoms with E-state index in [0.717, 1.165) is 6.42 Å². The molecule has 0 fully saturated rings. The van der Waals surface area contributed by atoms with Crippen LogP contribution in [0.5, 0.6) is 11.5 Å². The highest BCUT2D eigenvalue weighted by atomic mass is 16.5. The lowest BCUT2D eigenvalue weighted by Crippen LogP contribution is -2.20. The Morgan fingerprint density at radius 2 is 2.05 bits per heavy atom.